The fourth-order valence-electron chi connectivity index (χ4n) is 2.03. The molecule has 0 aromatic heterocycles. The Labute approximate surface area is 172 Å². The Morgan fingerprint density at radius 1 is 1.16 bits per heavy atom. The second-order valence-corrected chi connectivity index (χ2v) is 5.79. The Balaban J connectivity index is 0.00000312. The number of rotatable bonds is 5. The summed E-state index contributed by atoms with van der Waals surface area (Å²) in [5.41, 5.74) is 1.74. The maximum absolute atomic E-state index is 10.8. The Morgan fingerprint density at radius 2 is 1.88 bits per heavy atom. The third-order valence-electron chi connectivity index (χ3n) is 3.27. The van der Waals surface area contributed by atoms with Crippen LogP contribution in [0, 0.1) is 10.1 Å². The first-order chi connectivity index (χ1) is 11.5. The van der Waals surface area contributed by atoms with Gasteiger partial charge in [0.2, 0.25) is 0 Å². The third kappa shape index (κ3) is 6.68. The number of aliphatic imine (C=N–C) groups is 1. The van der Waals surface area contributed by atoms with Crippen LogP contribution in [0.1, 0.15) is 11.1 Å². The van der Waals surface area contributed by atoms with Gasteiger partial charge in [-0.3, -0.25) is 15.1 Å². The minimum absolute atomic E-state index is 0. The van der Waals surface area contributed by atoms with Crippen molar-refractivity contribution in [1.29, 1.82) is 0 Å². The minimum Gasteiger partial charge on any atom is -0.352 e. The van der Waals surface area contributed by atoms with Crippen molar-refractivity contribution in [3.63, 3.8) is 0 Å². The summed E-state index contributed by atoms with van der Waals surface area (Å²) >= 11 is 12.0. The average molecular weight is 495 g/mol. The van der Waals surface area contributed by atoms with E-state index < -0.39 is 4.92 Å². The fraction of sp³-hybridized carbons (Fsp3) is 0.188. The van der Waals surface area contributed by atoms with Gasteiger partial charge >= 0.3 is 0 Å². The Hall–Kier alpha value is -1.58. The van der Waals surface area contributed by atoms with Crippen molar-refractivity contribution < 1.29 is 4.92 Å². The Bertz CT molecular complexity index is 772. The molecule has 0 fully saturated rings. The number of nitrogens with one attached hydrogen (secondary N) is 2. The molecule has 0 saturated carbocycles. The molecular formula is C16H17Cl2IN4O2. The first-order valence-corrected chi connectivity index (χ1v) is 7.87. The fourth-order valence-corrected chi connectivity index (χ4v) is 2.51. The van der Waals surface area contributed by atoms with Gasteiger partial charge in [0.25, 0.3) is 5.69 Å². The van der Waals surface area contributed by atoms with Gasteiger partial charge < -0.3 is 10.6 Å². The SMILES string of the molecule is CN=C(NCc1cccc([N+](=O)[O-])c1)NCc1ccc(Cl)cc1Cl.I. The van der Waals surface area contributed by atoms with Gasteiger partial charge in [-0.05, 0) is 23.3 Å². The van der Waals surface area contributed by atoms with E-state index in [0.717, 1.165) is 11.1 Å². The third-order valence-corrected chi connectivity index (χ3v) is 3.85. The molecule has 6 nitrogen and oxygen atoms in total. The predicted molar refractivity (Wildman–Crippen MR) is 112 cm³/mol. The van der Waals surface area contributed by atoms with Crippen LogP contribution in [-0.2, 0) is 13.1 Å². The molecular weight excluding hydrogens is 478 g/mol. The largest absolute Gasteiger partial charge is 0.352 e. The molecule has 2 N–H and O–H groups in total. The van der Waals surface area contributed by atoms with E-state index in [0.29, 0.717) is 29.1 Å². The highest BCUT2D eigenvalue weighted by molar-refractivity contribution is 14.0. The Morgan fingerprint density at radius 3 is 2.52 bits per heavy atom. The number of hydrogen-bond acceptors (Lipinski definition) is 3. The molecule has 0 aliphatic heterocycles. The summed E-state index contributed by atoms with van der Waals surface area (Å²) in [6.45, 7) is 0.889. The van der Waals surface area contributed by atoms with Gasteiger partial charge in [-0.25, -0.2) is 0 Å². The van der Waals surface area contributed by atoms with Crippen LogP contribution in [0.2, 0.25) is 10.0 Å². The lowest BCUT2D eigenvalue weighted by Crippen LogP contribution is -2.36. The molecule has 0 saturated heterocycles. The van der Waals surface area contributed by atoms with E-state index in [1.54, 1.807) is 25.2 Å². The van der Waals surface area contributed by atoms with Crippen LogP contribution in [0.15, 0.2) is 47.5 Å². The highest BCUT2D eigenvalue weighted by atomic mass is 127. The number of nitro benzene ring substituents is 1. The number of nitrogens with zero attached hydrogens (tertiary/aromatic N) is 2. The van der Waals surface area contributed by atoms with E-state index in [4.69, 9.17) is 23.2 Å². The van der Waals surface area contributed by atoms with Crippen LogP contribution in [-0.4, -0.2) is 17.9 Å². The zero-order chi connectivity index (χ0) is 17.5. The number of nitro groups is 1. The summed E-state index contributed by atoms with van der Waals surface area (Å²) in [6, 6.07) is 11.7. The number of non-ortho nitro benzene ring substituents is 1. The van der Waals surface area contributed by atoms with E-state index >= 15 is 0 Å². The summed E-state index contributed by atoms with van der Waals surface area (Å²) in [5, 5.41) is 18.2. The van der Waals surface area contributed by atoms with Crippen LogP contribution < -0.4 is 10.6 Å². The molecule has 2 aromatic rings. The zero-order valence-corrected chi connectivity index (χ0v) is 17.2. The second kappa shape index (κ2) is 10.4. The van der Waals surface area contributed by atoms with E-state index in [2.05, 4.69) is 15.6 Å². The predicted octanol–water partition coefficient (Wildman–Crippen LogP) is 4.38. The molecule has 134 valence electrons. The molecule has 0 atom stereocenters. The van der Waals surface area contributed by atoms with Gasteiger partial charge in [-0.1, -0.05) is 41.4 Å². The highest BCUT2D eigenvalue weighted by Crippen LogP contribution is 2.20. The van der Waals surface area contributed by atoms with Gasteiger partial charge in [0.05, 0.1) is 4.92 Å². The molecule has 0 unspecified atom stereocenters. The maximum Gasteiger partial charge on any atom is 0.269 e. The molecule has 0 bridgehead atoms. The highest BCUT2D eigenvalue weighted by Gasteiger charge is 2.07. The summed E-state index contributed by atoms with van der Waals surface area (Å²) in [4.78, 5) is 14.5. The van der Waals surface area contributed by atoms with Gasteiger partial charge in [0, 0.05) is 42.3 Å². The molecule has 0 amide bonds. The topological polar surface area (TPSA) is 79.6 Å². The summed E-state index contributed by atoms with van der Waals surface area (Å²) in [6.07, 6.45) is 0. The van der Waals surface area contributed by atoms with Crippen LogP contribution in [0.4, 0.5) is 5.69 Å². The lowest BCUT2D eigenvalue weighted by molar-refractivity contribution is -0.384. The number of hydrogen-bond donors (Lipinski definition) is 2. The monoisotopic (exact) mass is 494 g/mol. The molecule has 0 radical (unpaired) electrons. The van der Waals surface area contributed by atoms with Crippen molar-refractivity contribution in [1.82, 2.24) is 10.6 Å². The van der Waals surface area contributed by atoms with Crippen molar-refractivity contribution in [3.8, 4) is 0 Å². The molecule has 2 aromatic carbocycles. The molecule has 9 heteroatoms. The second-order valence-electron chi connectivity index (χ2n) is 4.94. The van der Waals surface area contributed by atoms with E-state index in [1.165, 1.54) is 12.1 Å². The number of benzene rings is 2. The van der Waals surface area contributed by atoms with Crippen LogP contribution in [0.25, 0.3) is 0 Å². The summed E-state index contributed by atoms with van der Waals surface area (Å²) in [7, 11) is 1.65. The minimum atomic E-state index is -0.418. The van der Waals surface area contributed by atoms with E-state index in [1.807, 2.05) is 12.1 Å². The molecule has 2 rings (SSSR count). The number of halogens is 3. The Kier molecular flexibility index (Phi) is 8.95. The van der Waals surface area contributed by atoms with Gasteiger partial charge in [-0.15, -0.1) is 24.0 Å². The normalized spacial score (nSPS) is 10.8. The van der Waals surface area contributed by atoms with Gasteiger partial charge in [0.1, 0.15) is 0 Å². The molecule has 25 heavy (non-hydrogen) atoms. The van der Waals surface area contributed by atoms with Crippen molar-refractivity contribution in [2.24, 2.45) is 4.99 Å². The molecule has 0 heterocycles. The van der Waals surface area contributed by atoms with Gasteiger partial charge in [0.15, 0.2) is 5.96 Å². The first-order valence-electron chi connectivity index (χ1n) is 7.11. The van der Waals surface area contributed by atoms with Crippen molar-refractivity contribution in [3.05, 3.63) is 73.8 Å². The quantitative estimate of drug-likeness (QED) is 0.212. The van der Waals surface area contributed by atoms with Crippen molar-refractivity contribution >= 4 is 58.8 Å². The van der Waals surface area contributed by atoms with Gasteiger partial charge in [-0.2, -0.15) is 0 Å². The molecule has 0 aliphatic carbocycles. The summed E-state index contributed by atoms with van der Waals surface area (Å²) < 4.78 is 0. The lowest BCUT2D eigenvalue weighted by atomic mass is 10.2. The van der Waals surface area contributed by atoms with Crippen molar-refractivity contribution in [2.45, 2.75) is 13.1 Å². The molecule has 0 spiro atoms. The van der Waals surface area contributed by atoms with Crippen LogP contribution in [0.3, 0.4) is 0 Å². The zero-order valence-electron chi connectivity index (χ0n) is 13.3. The maximum atomic E-state index is 10.8. The number of guanidine groups is 1. The summed E-state index contributed by atoms with van der Waals surface area (Å²) in [5.74, 6) is 0.563. The van der Waals surface area contributed by atoms with Crippen LogP contribution >= 0.6 is 47.2 Å². The van der Waals surface area contributed by atoms with E-state index in [9.17, 15) is 10.1 Å². The smallest absolute Gasteiger partial charge is 0.269 e. The first kappa shape index (κ1) is 21.5. The molecule has 0 aliphatic rings. The van der Waals surface area contributed by atoms with E-state index in [-0.39, 0.29) is 29.7 Å². The van der Waals surface area contributed by atoms with Crippen LogP contribution in [0.5, 0.6) is 0 Å². The van der Waals surface area contributed by atoms with Crippen molar-refractivity contribution in [2.75, 3.05) is 7.05 Å². The lowest BCUT2D eigenvalue weighted by Gasteiger charge is -2.13. The standard InChI is InChI=1S/C16H16Cl2N4O2.HI/c1-19-16(21-10-12-5-6-13(17)8-15(12)18)20-9-11-3-2-4-14(7-11)22(23)24;/h2-8H,9-10H2,1H3,(H2,19,20,21);1H. The average Bonchev–Trinajstić information content (AvgIpc) is 2.56.